The SMILES string of the molecule is N[C@@H](CC(=O)O)C(=O)OOS(=O)(=O)O. The van der Waals surface area contributed by atoms with Crippen molar-refractivity contribution in [2.24, 2.45) is 5.73 Å². The molecule has 10 heteroatoms. The Morgan fingerprint density at radius 1 is 1.43 bits per heavy atom. The Labute approximate surface area is 78.3 Å². The quantitative estimate of drug-likeness (QED) is 0.277. The maximum absolute atomic E-state index is 10.6. The smallest absolute Gasteiger partial charge is 0.432 e. The first-order chi connectivity index (χ1) is 6.22. The third-order valence-corrected chi connectivity index (χ3v) is 1.14. The molecule has 0 bridgehead atoms. The lowest BCUT2D eigenvalue weighted by atomic mass is 10.2. The highest BCUT2D eigenvalue weighted by molar-refractivity contribution is 7.80. The van der Waals surface area contributed by atoms with Crippen LogP contribution in [0.25, 0.3) is 0 Å². The molecule has 4 N–H and O–H groups in total. The summed E-state index contributed by atoms with van der Waals surface area (Å²) in [7, 11) is -4.93. The molecule has 0 aliphatic heterocycles. The minimum Gasteiger partial charge on any atom is -0.481 e. The zero-order valence-corrected chi connectivity index (χ0v) is 7.43. The Balaban J connectivity index is 4.03. The zero-order chi connectivity index (χ0) is 11.4. The first-order valence-corrected chi connectivity index (χ1v) is 4.43. The summed E-state index contributed by atoms with van der Waals surface area (Å²) in [6.45, 7) is 0. The van der Waals surface area contributed by atoms with Gasteiger partial charge in [0.25, 0.3) is 0 Å². The van der Waals surface area contributed by atoms with Crippen molar-refractivity contribution in [1.29, 1.82) is 0 Å². The number of hydrogen-bond donors (Lipinski definition) is 3. The summed E-state index contributed by atoms with van der Waals surface area (Å²) in [6.07, 6.45) is -0.756. The summed E-state index contributed by atoms with van der Waals surface area (Å²) >= 11 is 0. The van der Waals surface area contributed by atoms with Crippen LogP contribution in [-0.4, -0.2) is 36.1 Å². The van der Waals surface area contributed by atoms with Crippen LogP contribution < -0.4 is 5.73 Å². The van der Waals surface area contributed by atoms with E-state index in [9.17, 15) is 18.0 Å². The molecule has 0 aromatic rings. The van der Waals surface area contributed by atoms with Gasteiger partial charge in [-0.15, -0.1) is 0 Å². The summed E-state index contributed by atoms with van der Waals surface area (Å²) in [6, 6.07) is -1.57. The van der Waals surface area contributed by atoms with E-state index in [1.165, 1.54) is 0 Å². The summed E-state index contributed by atoms with van der Waals surface area (Å²) < 4.78 is 30.9. The summed E-state index contributed by atoms with van der Waals surface area (Å²) in [5.74, 6) is -2.80. The molecule has 0 spiro atoms. The molecule has 0 saturated heterocycles. The van der Waals surface area contributed by atoms with E-state index < -0.39 is 34.8 Å². The third kappa shape index (κ3) is 6.30. The van der Waals surface area contributed by atoms with Crippen molar-refractivity contribution in [2.75, 3.05) is 0 Å². The van der Waals surface area contributed by atoms with E-state index in [2.05, 4.69) is 9.22 Å². The molecule has 0 saturated carbocycles. The molecule has 0 unspecified atom stereocenters. The lowest BCUT2D eigenvalue weighted by Gasteiger charge is -2.05. The molecule has 0 aliphatic carbocycles. The van der Waals surface area contributed by atoms with E-state index in [1.54, 1.807) is 0 Å². The first-order valence-electron chi connectivity index (χ1n) is 3.07. The highest BCUT2D eigenvalue weighted by Gasteiger charge is 2.21. The number of carboxylic acids is 1. The second kappa shape index (κ2) is 4.85. The topological polar surface area (TPSA) is 153 Å². The van der Waals surface area contributed by atoms with Crippen LogP contribution in [0.3, 0.4) is 0 Å². The van der Waals surface area contributed by atoms with E-state index in [0.29, 0.717) is 0 Å². The predicted octanol–water partition coefficient (Wildman–Crippen LogP) is -1.93. The minimum atomic E-state index is -4.93. The third-order valence-electron chi connectivity index (χ3n) is 0.899. The summed E-state index contributed by atoms with van der Waals surface area (Å²) in [5, 5.41) is 8.16. The van der Waals surface area contributed by atoms with Crippen LogP contribution in [0.2, 0.25) is 0 Å². The summed E-state index contributed by atoms with van der Waals surface area (Å²) in [4.78, 5) is 24.1. The fourth-order valence-electron chi connectivity index (χ4n) is 0.410. The van der Waals surface area contributed by atoms with Crippen molar-refractivity contribution in [1.82, 2.24) is 0 Å². The van der Waals surface area contributed by atoms with Gasteiger partial charge in [0.2, 0.25) is 0 Å². The van der Waals surface area contributed by atoms with Gasteiger partial charge >= 0.3 is 22.3 Å². The van der Waals surface area contributed by atoms with Crippen LogP contribution in [-0.2, 0) is 29.2 Å². The number of carbonyl (C=O) groups excluding carboxylic acids is 1. The van der Waals surface area contributed by atoms with Crippen molar-refractivity contribution < 1.29 is 36.9 Å². The van der Waals surface area contributed by atoms with Crippen molar-refractivity contribution in [3.8, 4) is 0 Å². The maximum Gasteiger partial charge on any atom is 0.432 e. The van der Waals surface area contributed by atoms with Crippen LogP contribution in [0.4, 0.5) is 0 Å². The van der Waals surface area contributed by atoms with E-state index >= 15 is 0 Å². The molecule has 82 valence electrons. The number of carbonyl (C=O) groups is 2. The van der Waals surface area contributed by atoms with E-state index in [4.69, 9.17) is 15.4 Å². The molecule has 0 amide bonds. The lowest BCUT2D eigenvalue weighted by Crippen LogP contribution is -2.34. The second-order valence-electron chi connectivity index (χ2n) is 2.10. The van der Waals surface area contributed by atoms with E-state index in [0.717, 1.165) is 0 Å². The van der Waals surface area contributed by atoms with Crippen LogP contribution in [0.15, 0.2) is 0 Å². The average molecular weight is 229 g/mol. The van der Waals surface area contributed by atoms with Gasteiger partial charge in [-0.2, -0.15) is 8.42 Å². The molecule has 0 heterocycles. The number of carboxylic acid groups (broad SMARTS) is 1. The monoisotopic (exact) mass is 229 g/mol. The normalized spacial score (nSPS) is 13.3. The molecule has 0 radical (unpaired) electrons. The van der Waals surface area contributed by atoms with Gasteiger partial charge in [-0.05, 0) is 4.33 Å². The van der Waals surface area contributed by atoms with Gasteiger partial charge in [-0.1, -0.05) is 0 Å². The molecule has 0 aliphatic rings. The standard InChI is InChI=1S/C4H7NO8S/c5-2(1-3(6)7)4(8)12-13-14(9,10)11/h2H,1,5H2,(H,6,7)(H,9,10,11)/t2-/m0/s1. The largest absolute Gasteiger partial charge is 0.481 e. The van der Waals surface area contributed by atoms with Gasteiger partial charge in [0.1, 0.15) is 6.04 Å². The van der Waals surface area contributed by atoms with Gasteiger partial charge in [-0.3, -0.25) is 14.2 Å². The van der Waals surface area contributed by atoms with E-state index in [-0.39, 0.29) is 0 Å². The summed E-state index contributed by atoms with van der Waals surface area (Å²) in [5.41, 5.74) is 4.94. The second-order valence-corrected chi connectivity index (χ2v) is 3.09. The van der Waals surface area contributed by atoms with Gasteiger partial charge < -0.3 is 10.8 Å². The maximum atomic E-state index is 10.6. The Bertz CT molecular complexity index is 320. The van der Waals surface area contributed by atoms with Crippen molar-refractivity contribution in [2.45, 2.75) is 12.5 Å². The van der Waals surface area contributed by atoms with Crippen molar-refractivity contribution in [3.63, 3.8) is 0 Å². The highest BCUT2D eigenvalue weighted by atomic mass is 32.3. The van der Waals surface area contributed by atoms with Crippen molar-refractivity contribution >= 4 is 22.3 Å². The Hall–Kier alpha value is -1.23. The number of rotatable bonds is 5. The Morgan fingerprint density at radius 3 is 2.29 bits per heavy atom. The van der Waals surface area contributed by atoms with Crippen LogP contribution >= 0.6 is 0 Å². The Kier molecular flexibility index (Phi) is 4.43. The average Bonchev–Trinajstić information content (AvgIpc) is 1.97. The zero-order valence-electron chi connectivity index (χ0n) is 6.61. The van der Waals surface area contributed by atoms with Gasteiger partial charge in [0.05, 0.1) is 6.42 Å². The first kappa shape index (κ1) is 12.8. The molecule has 0 rings (SSSR count). The molecular formula is C4H7NO8S. The van der Waals surface area contributed by atoms with Gasteiger partial charge in [-0.25, -0.2) is 4.79 Å². The molecule has 9 nitrogen and oxygen atoms in total. The minimum absolute atomic E-state index is 0.756. The van der Waals surface area contributed by atoms with Crippen LogP contribution in [0.1, 0.15) is 6.42 Å². The molecular weight excluding hydrogens is 222 g/mol. The molecule has 0 aromatic carbocycles. The number of nitrogens with two attached hydrogens (primary N) is 1. The molecule has 0 aromatic heterocycles. The van der Waals surface area contributed by atoms with Crippen LogP contribution in [0.5, 0.6) is 0 Å². The fourth-order valence-corrected chi connectivity index (χ4v) is 0.563. The van der Waals surface area contributed by atoms with E-state index in [1.807, 2.05) is 0 Å². The molecule has 0 fully saturated rings. The van der Waals surface area contributed by atoms with Gasteiger partial charge in [0.15, 0.2) is 0 Å². The molecule has 14 heavy (non-hydrogen) atoms. The van der Waals surface area contributed by atoms with Crippen LogP contribution in [0, 0.1) is 0 Å². The predicted molar refractivity (Wildman–Crippen MR) is 39.0 cm³/mol. The number of hydrogen-bond acceptors (Lipinski definition) is 7. The number of aliphatic carboxylic acids is 1. The molecule has 1 atom stereocenters. The Morgan fingerprint density at radius 2 is 1.93 bits per heavy atom. The van der Waals surface area contributed by atoms with Crippen molar-refractivity contribution in [3.05, 3.63) is 0 Å². The van der Waals surface area contributed by atoms with Gasteiger partial charge in [0, 0.05) is 0 Å². The highest BCUT2D eigenvalue weighted by Crippen LogP contribution is 1.95. The lowest BCUT2D eigenvalue weighted by molar-refractivity contribution is -0.216. The fraction of sp³-hybridized carbons (Fsp3) is 0.500.